The quantitative estimate of drug-likeness (QED) is 0.468. The van der Waals surface area contributed by atoms with Gasteiger partial charge < -0.3 is 10.5 Å². The Balaban J connectivity index is 3.12. The van der Waals surface area contributed by atoms with Gasteiger partial charge in [0.2, 0.25) is 5.91 Å². The summed E-state index contributed by atoms with van der Waals surface area (Å²) in [4.78, 5) is 20.6. The summed E-state index contributed by atoms with van der Waals surface area (Å²) >= 11 is 0. The van der Waals surface area contributed by atoms with Crippen molar-refractivity contribution in [3.05, 3.63) is 40.0 Å². The lowest BCUT2D eigenvalue weighted by Gasteiger charge is -2.01. The van der Waals surface area contributed by atoms with Crippen LogP contribution in [-0.2, 0) is 4.79 Å². The van der Waals surface area contributed by atoms with Crippen LogP contribution >= 0.6 is 0 Å². The van der Waals surface area contributed by atoms with E-state index >= 15 is 0 Å². The lowest BCUT2D eigenvalue weighted by atomic mass is 10.1. The summed E-state index contributed by atoms with van der Waals surface area (Å²) in [5, 5.41) is 10.7. The van der Waals surface area contributed by atoms with Gasteiger partial charge in [0.15, 0.2) is 5.75 Å². The predicted octanol–water partition coefficient (Wildman–Crippen LogP) is 1.10. The number of hydrogen-bond donors (Lipinski definition) is 1. The van der Waals surface area contributed by atoms with Crippen molar-refractivity contribution in [2.75, 3.05) is 7.11 Å². The zero-order valence-electron chi connectivity index (χ0n) is 8.54. The molecule has 0 bridgehead atoms. The van der Waals surface area contributed by atoms with E-state index < -0.39 is 10.8 Å². The van der Waals surface area contributed by atoms with Crippen LogP contribution in [0.1, 0.15) is 5.56 Å². The van der Waals surface area contributed by atoms with Crippen LogP contribution < -0.4 is 10.5 Å². The van der Waals surface area contributed by atoms with Crippen LogP contribution in [0.3, 0.4) is 0 Å². The van der Waals surface area contributed by atoms with Crippen molar-refractivity contribution < 1.29 is 14.5 Å². The fourth-order valence-electron chi connectivity index (χ4n) is 1.13. The first-order valence-corrected chi connectivity index (χ1v) is 4.34. The summed E-state index contributed by atoms with van der Waals surface area (Å²) in [7, 11) is 1.35. The first-order chi connectivity index (χ1) is 7.54. The van der Waals surface area contributed by atoms with Crippen molar-refractivity contribution in [3.8, 4) is 5.75 Å². The average molecular weight is 222 g/mol. The minimum atomic E-state index is -0.613. The average Bonchev–Trinajstić information content (AvgIpc) is 2.25. The highest BCUT2D eigenvalue weighted by atomic mass is 16.6. The number of methoxy groups -OCH3 is 1. The fraction of sp³-hybridized carbons (Fsp3) is 0.100. The maximum absolute atomic E-state index is 10.7. The molecular weight excluding hydrogens is 212 g/mol. The minimum Gasteiger partial charge on any atom is -0.490 e. The Morgan fingerprint density at radius 3 is 2.75 bits per heavy atom. The molecule has 0 aliphatic carbocycles. The largest absolute Gasteiger partial charge is 0.490 e. The molecule has 0 unspecified atom stereocenters. The van der Waals surface area contributed by atoms with Crippen molar-refractivity contribution in [1.82, 2.24) is 0 Å². The van der Waals surface area contributed by atoms with Gasteiger partial charge in [0.25, 0.3) is 0 Å². The highest BCUT2D eigenvalue weighted by Crippen LogP contribution is 2.27. The van der Waals surface area contributed by atoms with Crippen LogP contribution in [0.25, 0.3) is 6.08 Å². The van der Waals surface area contributed by atoms with Crippen LogP contribution in [0.15, 0.2) is 24.3 Å². The van der Waals surface area contributed by atoms with Gasteiger partial charge >= 0.3 is 5.69 Å². The Morgan fingerprint density at radius 1 is 1.56 bits per heavy atom. The van der Waals surface area contributed by atoms with E-state index in [2.05, 4.69) is 0 Å². The third kappa shape index (κ3) is 2.81. The number of nitro benzene ring substituents is 1. The van der Waals surface area contributed by atoms with Crippen LogP contribution in [0.5, 0.6) is 5.75 Å². The van der Waals surface area contributed by atoms with Gasteiger partial charge in [0, 0.05) is 12.1 Å². The fourth-order valence-corrected chi connectivity index (χ4v) is 1.13. The summed E-state index contributed by atoms with van der Waals surface area (Å²) in [6, 6.07) is 4.35. The molecule has 1 aromatic carbocycles. The van der Waals surface area contributed by atoms with Crippen LogP contribution in [0.4, 0.5) is 5.69 Å². The van der Waals surface area contributed by atoms with E-state index in [1.807, 2.05) is 0 Å². The Labute approximate surface area is 91.5 Å². The minimum absolute atomic E-state index is 0.158. The van der Waals surface area contributed by atoms with Crippen molar-refractivity contribution in [1.29, 1.82) is 0 Å². The van der Waals surface area contributed by atoms with Gasteiger partial charge in [-0.1, -0.05) is 6.07 Å². The molecule has 6 nitrogen and oxygen atoms in total. The second kappa shape index (κ2) is 4.92. The number of carbonyl (C=O) groups excluding carboxylic acids is 1. The van der Waals surface area contributed by atoms with E-state index in [1.54, 1.807) is 6.07 Å². The third-order valence-corrected chi connectivity index (χ3v) is 1.84. The summed E-state index contributed by atoms with van der Waals surface area (Å²) in [6.07, 6.45) is 2.53. The third-order valence-electron chi connectivity index (χ3n) is 1.84. The molecule has 16 heavy (non-hydrogen) atoms. The number of amides is 1. The molecular formula is C10H10N2O4. The number of ether oxygens (including phenoxy) is 1. The first-order valence-electron chi connectivity index (χ1n) is 4.34. The van der Waals surface area contributed by atoms with Crippen molar-refractivity contribution >= 4 is 17.7 Å². The molecule has 1 rings (SSSR count). The highest BCUT2D eigenvalue weighted by Gasteiger charge is 2.14. The van der Waals surface area contributed by atoms with Crippen molar-refractivity contribution in [2.24, 2.45) is 5.73 Å². The second-order valence-corrected chi connectivity index (χ2v) is 2.92. The molecule has 0 aromatic heterocycles. The van der Waals surface area contributed by atoms with Gasteiger partial charge in [0.1, 0.15) is 0 Å². The molecule has 84 valence electrons. The Morgan fingerprint density at radius 2 is 2.25 bits per heavy atom. The molecule has 0 radical (unpaired) electrons. The molecule has 0 saturated carbocycles. The topological polar surface area (TPSA) is 95.5 Å². The van der Waals surface area contributed by atoms with E-state index in [0.717, 1.165) is 6.08 Å². The van der Waals surface area contributed by atoms with Gasteiger partial charge in [-0.25, -0.2) is 0 Å². The Kier molecular flexibility index (Phi) is 3.60. The van der Waals surface area contributed by atoms with E-state index in [0.29, 0.717) is 5.56 Å². The SMILES string of the molecule is COc1ccc(/C=C/C(N)=O)cc1[N+](=O)[O-]. The smallest absolute Gasteiger partial charge is 0.311 e. The number of primary amides is 1. The van der Waals surface area contributed by atoms with E-state index in [9.17, 15) is 14.9 Å². The number of nitro groups is 1. The van der Waals surface area contributed by atoms with Gasteiger partial charge in [-0.15, -0.1) is 0 Å². The summed E-state index contributed by atoms with van der Waals surface area (Å²) in [5.41, 5.74) is 5.26. The summed E-state index contributed by atoms with van der Waals surface area (Å²) in [6.45, 7) is 0. The molecule has 0 spiro atoms. The monoisotopic (exact) mass is 222 g/mol. The second-order valence-electron chi connectivity index (χ2n) is 2.92. The zero-order valence-corrected chi connectivity index (χ0v) is 8.54. The standard InChI is InChI=1S/C10H10N2O4/c1-16-9-4-2-7(3-5-10(11)13)6-8(9)12(14)15/h2-6H,1H3,(H2,11,13)/b5-3+. The first kappa shape index (κ1) is 11.7. The van der Waals surface area contributed by atoms with Gasteiger partial charge in [0.05, 0.1) is 12.0 Å². The Hall–Kier alpha value is -2.37. The molecule has 0 aliphatic rings. The van der Waals surface area contributed by atoms with Crippen molar-refractivity contribution in [2.45, 2.75) is 0 Å². The van der Waals surface area contributed by atoms with E-state index in [1.165, 1.54) is 25.3 Å². The van der Waals surface area contributed by atoms with Crippen molar-refractivity contribution in [3.63, 3.8) is 0 Å². The number of nitrogens with zero attached hydrogens (tertiary/aromatic N) is 1. The van der Waals surface area contributed by atoms with Gasteiger partial charge in [-0.05, 0) is 17.7 Å². The number of rotatable bonds is 4. The molecule has 0 aliphatic heterocycles. The van der Waals surface area contributed by atoms with E-state index in [-0.39, 0.29) is 11.4 Å². The molecule has 0 atom stereocenters. The van der Waals surface area contributed by atoms with Gasteiger partial charge in [-0.2, -0.15) is 0 Å². The van der Waals surface area contributed by atoms with Crippen LogP contribution in [-0.4, -0.2) is 17.9 Å². The Bertz CT molecular complexity index is 454. The molecule has 0 fully saturated rings. The number of nitrogens with two attached hydrogens (primary N) is 1. The lowest BCUT2D eigenvalue weighted by molar-refractivity contribution is -0.385. The molecule has 0 heterocycles. The summed E-state index contributed by atoms with van der Waals surface area (Å²) in [5.74, 6) is -0.445. The number of carbonyl (C=O) groups is 1. The normalized spacial score (nSPS) is 10.3. The van der Waals surface area contributed by atoms with Gasteiger partial charge in [-0.3, -0.25) is 14.9 Å². The number of hydrogen-bond acceptors (Lipinski definition) is 4. The molecule has 1 aromatic rings. The zero-order chi connectivity index (χ0) is 12.1. The molecule has 0 saturated heterocycles. The maximum atomic E-state index is 10.7. The lowest BCUT2D eigenvalue weighted by Crippen LogP contribution is -2.05. The highest BCUT2D eigenvalue weighted by molar-refractivity contribution is 5.90. The molecule has 2 N–H and O–H groups in total. The van der Waals surface area contributed by atoms with Crippen LogP contribution in [0, 0.1) is 10.1 Å². The molecule has 1 amide bonds. The number of benzene rings is 1. The predicted molar refractivity (Wildman–Crippen MR) is 57.9 cm³/mol. The summed E-state index contributed by atoms with van der Waals surface area (Å²) < 4.78 is 4.83. The van der Waals surface area contributed by atoms with Crippen LogP contribution in [0.2, 0.25) is 0 Å². The maximum Gasteiger partial charge on any atom is 0.311 e. The molecule has 6 heteroatoms. The van der Waals surface area contributed by atoms with E-state index in [4.69, 9.17) is 10.5 Å².